The number of fused-ring (bicyclic) bond motifs is 3. The quantitative estimate of drug-likeness (QED) is 0.268. The lowest BCUT2D eigenvalue weighted by molar-refractivity contribution is -0.205. The van der Waals surface area contributed by atoms with E-state index in [4.69, 9.17) is 23.4 Å². The lowest BCUT2D eigenvalue weighted by Gasteiger charge is -2.63. The van der Waals surface area contributed by atoms with E-state index < -0.39 is 75.0 Å². The van der Waals surface area contributed by atoms with Crippen molar-refractivity contribution in [1.82, 2.24) is 0 Å². The van der Waals surface area contributed by atoms with Crippen molar-refractivity contribution >= 4 is 23.5 Å². The largest absolute Gasteiger partial charge is 0.472 e. The molecule has 1 aromatic heterocycles. The first-order valence-electron chi connectivity index (χ1n) is 12.3. The van der Waals surface area contributed by atoms with Crippen LogP contribution in [-0.2, 0) is 38.1 Å². The van der Waals surface area contributed by atoms with Crippen LogP contribution in [0.15, 0.2) is 35.2 Å². The van der Waals surface area contributed by atoms with Gasteiger partial charge in [-0.3, -0.25) is 9.59 Å². The number of ketones is 2. The molecule has 3 aliphatic heterocycles. The normalized spacial score (nSPS) is 46.4. The zero-order valence-corrected chi connectivity index (χ0v) is 21.0. The van der Waals surface area contributed by atoms with Gasteiger partial charge in [-0.1, -0.05) is 13.0 Å². The maximum Gasteiger partial charge on any atom is 0.339 e. The summed E-state index contributed by atoms with van der Waals surface area (Å²) in [7, 11) is 1.29. The van der Waals surface area contributed by atoms with Gasteiger partial charge in [0.25, 0.3) is 0 Å². The Hall–Kier alpha value is -2.78. The second-order valence-electron chi connectivity index (χ2n) is 11.8. The lowest BCUT2D eigenvalue weighted by atomic mass is 9.37. The lowest BCUT2D eigenvalue weighted by Crippen LogP contribution is -2.73. The van der Waals surface area contributed by atoms with E-state index >= 15 is 0 Å². The van der Waals surface area contributed by atoms with Gasteiger partial charge in [-0.25, -0.2) is 9.59 Å². The SMILES string of the molecule is COC(=O)/C=C\[C@@]12COC(C)(C)[C@@H]1C(=O)C(=O)[C@]1(C)[C@@H]2CC[C@@]2(C)[C@H](c3ccoc3)OC(=O)[C@H]3O[C@]321. The Morgan fingerprint density at radius 2 is 1.89 bits per heavy atom. The summed E-state index contributed by atoms with van der Waals surface area (Å²) in [5.74, 6) is -3.42. The Bertz CT molecular complexity index is 1210. The molecular formula is C27H30O9. The third-order valence-electron chi connectivity index (χ3n) is 10.0. The van der Waals surface area contributed by atoms with Crippen LogP contribution in [0, 0.1) is 28.1 Å². The second kappa shape index (κ2) is 6.95. The highest BCUT2D eigenvalue weighted by atomic mass is 16.7. The number of cyclic esters (lactones) is 1. The average molecular weight is 499 g/mol. The number of hydrogen-bond donors (Lipinski definition) is 0. The van der Waals surface area contributed by atoms with Crippen molar-refractivity contribution in [3.63, 3.8) is 0 Å². The van der Waals surface area contributed by atoms with Crippen molar-refractivity contribution < 1.29 is 42.5 Å². The predicted molar refractivity (Wildman–Crippen MR) is 121 cm³/mol. The molecule has 36 heavy (non-hydrogen) atoms. The van der Waals surface area contributed by atoms with Gasteiger partial charge in [-0.15, -0.1) is 0 Å². The third-order valence-corrected chi connectivity index (χ3v) is 10.0. The van der Waals surface area contributed by atoms with Crippen LogP contribution in [0.1, 0.15) is 52.2 Å². The number of carbonyl (C=O) groups excluding carboxylic acids is 4. The fraction of sp³-hybridized carbons (Fsp3) is 0.630. The summed E-state index contributed by atoms with van der Waals surface area (Å²) in [6, 6.07) is 1.74. The van der Waals surface area contributed by atoms with Gasteiger partial charge >= 0.3 is 11.9 Å². The maximum atomic E-state index is 14.2. The molecule has 0 unspecified atom stereocenters. The number of esters is 2. The summed E-state index contributed by atoms with van der Waals surface area (Å²) in [4.78, 5) is 53.5. The van der Waals surface area contributed by atoms with E-state index in [9.17, 15) is 19.2 Å². The van der Waals surface area contributed by atoms with Crippen LogP contribution in [0.2, 0.25) is 0 Å². The van der Waals surface area contributed by atoms with Crippen LogP contribution < -0.4 is 0 Å². The zero-order chi connectivity index (χ0) is 25.9. The molecule has 6 rings (SSSR count). The summed E-state index contributed by atoms with van der Waals surface area (Å²) < 4.78 is 28.4. The second-order valence-corrected chi connectivity index (χ2v) is 11.8. The maximum absolute atomic E-state index is 14.2. The molecule has 2 aliphatic carbocycles. The van der Waals surface area contributed by atoms with Gasteiger partial charge in [0, 0.05) is 22.5 Å². The molecule has 9 heteroatoms. The molecule has 2 saturated carbocycles. The van der Waals surface area contributed by atoms with E-state index in [-0.39, 0.29) is 6.61 Å². The summed E-state index contributed by atoms with van der Waals surface area (Å²) in [6.45, 7) is 7.48. The fourth-order valence-electron chi connectivity index (χ4n) is 8.52. The van der Waals surface area contributed by atoms with E-state index in [0.29, 0.717) is 18.4 Å². The highest BCUT2D eigenvalue weighted by Crippen LogP contribution is 2.78. The van der Waals surface area contributed by atoms with E-state index in [2.05, 4.69) is 0 Å². The molecule has 4 heterocycles. The number of Topliss-reactive ketones (excluding diaryl/α,β-unsaturated/α-hetero) is 2. The molecule has 3 saturated heterocycles. The first-order valence-corrected chi connectivity index (χ1v) is 12.3. The smallest absolute Gasteiger partial charge is 0.339 e. The topological polar surface area (TPSA) is 122 Å². The van der Waals surface area contributed by atoms with E-state index in [1.165, 1.54) is 25.7 Å². The minimum atomic E-state index is -1.34. The van der Waals surface area contributed by atoms with Gasteiger partial charge in [-0.2, -0.15) is 0 Å². The van der Waals surface area contributed by atoms with Crippen molar-refractivity contribution in [3.8, 4) is 0 Å². The molecule has 0 bridgehead atoms. The number of carbonyl (C=O) groups is 4. The Labute approximate surface area is 208 Å². The summed E-state index contributed by atoms with van der Waals surface area (Å²) >= 11 is 0. The van der Waals surface area contributed by atoms with Gasteiger partial charge in [0.05, 0.1) is 43.2 Å². The number of epoxide rings is 1. The van der Waals surface area contributed by atoms with Gasteiger partial charge in [-0.05, 0) is 45.6 Å². The van der Waals surface area contributed by atoms with Crippen LogP contribution in [-0.4, -0.2) is 54.5 Å². The molecule has 5 fully saturated rings. The first-order chi connectivity index (χ1) is 16.9. The third kappa shape index (κ3) is 2.43. The average Bonchev–Trinajstić information content (AvgIpc) is 3.29. The molecule has 0 aromatic carbocycles. The monoisotopic (exact) mass is 498 g/mol. The molecular weight excluding hydrogens is 468 g/mol. The Morgan fingerprint density at radius 3 is 2.56 bits per heavy atom. The zero-order valence-electron chi connectivity index (χ0n) is 21.0. The van der Waals surface area contributed by atoms with Gasteiger partial charge < -0.3 is 23.4 Å². The summed E-state index contributed by atoms with van der Waals surface area (Å²) in [5.41, 5.74) is -4.55. The molecule has 192 valence electrons. The van der Waals surface area contributed by atoms with Gasteiger partial charge in [0.15, 0.2) is 6.10 Å². The Balaban J connectivity index is 1.55. The van der Waals surface area contributed by atoms with E-state index in [1.54, 1.807) is 32.9 Å². The molecule has 9 nitrogen and oxygen atoms in total. The standard InChI is InChI=1S/C27H30O9/c1-23(2)18-17(29)19(30)25(4)15(26(18,13-34-23)10-7-16(28)32-5)6-9-24(3)20(14-8-11-33-12-14)35-22(31)21-27(24,25)36-21/h7-8,10-12,15,18,20-21H,6,9,13H2,1-5H3/b10-7-/t15-,18-,20-,21+,24-,25-,26-,27+/m0/s1. The van der Waals surface area contributed by atoms with Crippen LogP contribution in [0.25, 0.3) is 0 Å². The fourth-order valence-corrected chi connectivity index (χ4v) is 8.52. The summed E-state index contributed by atoms with van der Waals surface area (Å²) in [6.07, 6.45) is 5.52. The van der Waals surface area contributed by atoms with Crippen molar-refractivity contribution in [2.45, 2.75) is 63.9 Å². The Kier molecular flexibility index (Phi) is 4.56. The molecule has 0 N–H and O–H groups in total. The molecule has 1 aromatic rings. The molecule has 8 atom stereocenters. The van der Waals surface area contributed by atoms with E-state index in [0.717, 1.165) is 0 Å². The predicted octanol–water partition coefficient (Wildman–Crippen LogP) is 2.73. The van der Waals surface area contributed by atoms with Crippen molar-refractivity contribution in [2.75, 3.05) is 13.7 Å². The van der Waals surface area contributed by atoms with Crippen molar-refractivity contribution in [1.29, 1.82) is 0 Å². The number of hydrogen-bond acceptors (Lipinski definition) is 9. The van der Waals surface area contributed by atoms with E-state index in [1.807, 2.05) is 6.92 Å². The minimum Gasteiger partial charge on any atom is -0.472 e. The van der Waals surface area contributed by atoms with Crippen LogP contribution in [0.3, 0.4) is 0 Å². The molecule has 0 amide bonds. The Morgan fingerprint density at radius 1 is 1.14 bits per heavy atom. The van der Waals surface area contributed by atoms with Crippen LogP contribution in [0.5, 0.6) is 0 Å². The van der Waals surface area contributed by atoms with Crippen molar-refractivity contribution in [3.05, 3.63) is 36.3 Å². The molecule has 5 aliphatic rings. The molecule has 1 spiro atoms. The van der Waals surface area contributed by atoms with Crippen molar-refractivity contribution in [2.24, 2.45) is 28.1 Å². The minimum absolute atomic E-state index is 0.157. The van der Waals surface area contributed by atoms with Crippen LogP contribution in [0.4, 0.5) is 0 Å². The van der Waals surface area contributed by atoms with Crippen LogP contribution >= 0.6 is 0 Å². The van der Waals surface area contributed by atoms with Gasteiger partial charge in [0.1, 0.15) is 11.7 Å². The van der Waals surface area contributed by atoms with Gasteiger partial charge in [0.2, 0.25) is 11.6 Å². The highest BCUT2D eigenvalue weighted by molar-refractivity contribution is 6.41. The molecule has 0 radical (unpaired) electrons. The summed E-state index contributed by atoms with van der Waals surface area (Å²) in [5, 5.41) is 0. The number of furan rings is 1. The highest BCUT2D eigenvalue weighted by Gasteiger charge is 2.89. The number of methoxy groups -OCH3 is 1. The number of rotatable bonds is 3. The first kappa shape index (κ1) is 23.6. The number of ether oxygens (including phenoxy) is 4.